The number of aromatic nitrogens is 4. The Labute approximate surface area is 208 Å². The van der Waals surface area contributed by atoms with E-state index < -0.39 is 5.82 Å². The molecule has 3 atom stereocenters. The molecule has 2 aliphatic heterocycles. The first kappa shape index (κ1) is 22.8. The molecule has 1 aromatic heterocycles. The van der Waals surface area contributed by atoms with Gasteiger partial charge in [0.2, 0.25) is 5.91 Å². The zero-order valence-electron chi connectivity index (χ0n) is 20.0. The lowest BCUT2D eigenvalue weighted by Gasteiger charge is -2.46. The van der Waals surface area contributed by atoms with Gasteiger partial charge in [0.25, 0.3) is 0 Å². The minimum Gasteiger partial charge on any atom is -0.370 e. The predicted octanol–water partition coefficient (Wildman–Crippen LogP) is 2.30. The van der Waals surface area contributed by atoms with Gasteiger partial charge in [0, 0.05) is 26.2 Å². The summed E-state index contributed by atoms with van der Waals surface area (Å²) in [5, 5.41) is 20.7. The Kier molecular flexibility index (Phi) is 5.74. The van der Waals surface area contributed by atoms with Crippen LogP contribution in [0.5, 0.6) is 0 Å². The first-order valence-corrected chi connectivity index (χ1v) is 12.2. The molecular weight excluding hydrogens is 461 g/mol. The van der Waals surface area contributed by atoms with Crippen molar-refractivity contribution in [1.29, 1.82) is 5.26 Å². The van der Waals surface area contributed by atoms with Crippen LogP contribution < -0.4 is 0 Å². The summed E-state index contributed by atoms with van der Waals surface area (Å²) in [6.07, 6.45) is 3.02. The Hall–Kier alpha value is -3.68. The van der Waals surface area contributed by atoms with Crippen molar-refractivity contribution in [2.24, 2.45) is 0 Å². The number of nitriles is 1. The fourth-order valence-corrected chi connectivity index (χ4v) is 5.86. The Morgan fingerprint density at radius 2 is 2.06 bits per heavy atom. The molecule has 2 fully saturated rings. The zero-order chi connectivity index (χ0) is 24.8. The van der Waals surface area contributed by atoms with Crippen molar-refractivity contribution >= 4 is 5.91 Å². The highest BCUT2D eigenvalue weighted by Gasteiger charge is 2.39. The summed E-state index contributed by atoms with van der Waals surface area (Å²) in [6, 6.07) is 11.2. The summed E-state index contributed by atoms with van der Waals surface area (Å²) in [7, 11) is 0. The van der Waals surface area contributed by atoms with E-state index in [1.54, 1.807) is 24.0 Å². The molecule has 3 aromatic rings. The Morgan fingerprint density at radius 1 is 1.19 bits per heavy atom. The van der Waals surface area contributed by atoms with Crippen LogP contribution in [0.4, 0.5) is 4.39 Å². The van der Waals surface area contributed by atoms with Gasteiger partial charge in [-0.1, -0.05) is 12.1 Å². The highest BCUT2D eigenvalue weighted by Crippen LogP contribution is 2.37. The number of aryl methyl sites for hydroxylation is 1. The monoisotopic (exact) mass is 487 g/mol. The molecule has 0 saturated carbocycles. The third-order valence-electron chi connectivity index (χ3n) is 7.84. The van der Waals surface area contributed by atoms with Crippen LogP contribution in [-0.2, 0) is 16.0 Å². The zero-order valence-corrected chi connectivity index (χ0v) is 20.0. The molecule has 1 aliphatic carbocycles. The molecule has 9 nitrogen and oxygen atoms in total. The molecule has 0 N–H and O–H groups in total. The maximum absolute atomic E-state index is 14.0. The molecule has 0 bridgehead atoms. The Balaban J connectivity index is 1.12. The number of fused-ring (bicyclic) bond motifs is 2. The topological polar surface area (TPSA) is 100 Å². The number of carbonyl (C=O) groups is 1. The molecule has 3 heterocycles. The Morgan fingerprint density at radius 3 is 2.86 bits per heavy atom. The van der Waals surface area contributed by atoms with Gasteiger partial charge in [-0.3, -0.25) is 9.69 Å². The SMILES string of the molecule is Cc1c([C@H]2CN3CCN(C(=O)C4CCc5cc(-n6cnnn6)ccc54)C[C@H]3CO2)ccc(F)c1C#N. The largest absolute Gasteiger partial charge is 0.370 e. The van der Waals surface area contributed by atoms with E-state index in [4.69, 9.17) is 4.74 Å². The van der Waals surface area contributed by atoms with Crippen LogP contribution in [-0.4, -0.2) is 74.7 Å². The lowest BCUT2D eigenvalue weighted by atomic mass is 9.95. The van der Waals surface area contributed by atoms with Crippen molar-refractivity contribution in [2.45, 2.75) is 37.8 Å². The first-order chi connectivity index (χ1) is 17.5. The van der Waals surface area contributed by atoms with Gasteiger partial charge in [0.05, 0.1) is 35.9 Å². The second-order valence-corrected chi connectivity index (χ2v) is 9.73. The maximum Gasteiger partial charge on any atom is 0.230 e. The second kappa shape index (κ2) is 9.08. The van der Waals surface area contributed by atoms with Crippen LogP contribution in [0.3, 0.4) is 0 Å². The number of hydrogen-bond acceptors (Lipinski definition) is 7. The number of ether oxygens (including phenoxy) is 1. The third kappa shape index (κ3) is 3.85. The predicted molar refractivity (Wildman–Crippen MR) is 127 cm³/mol. The van der Waals surface area contributed by atoms with Crippen LogP contribution >= 0.6 is 0 Å². The minimum absolute atomic E-state index is 0.0792. The molecule has 6 rings (SSSR count). The fourth-order valence-electron chi connectivity index (χ4n) is 5.86. The number of morpholine rings is 1. The Bertz CT molecular complexity index is 1350. The van der Waals surface area contributed by atoms with E-state index in [9.17, 15) is 14.4 Å². The van der Waals surface area contributed by atoms with Gasteiger partial charge in [-0.25, -0.2) is 9.07 Å². The van der Waals surface area contributed by atoms with Crippen molar-refractivity contribution in [2.75, 3.05) is 32.8 Å². The summed E-state index contributed by atoms with van der Waals surface area (Å²) < 4.78 is 21.8. The quantitative estimate of drug-likeness (QED) is 0.559. The van der Waals surface area contributed by atoms with Crippen molar-refractivity contribution < 1.29 is 13.9 Å². The van der Waals surface area contributed by atoms with Gasteiger partial charge >= 0.3 is 0 Å². The molecule has 3 aliphatic rings. The van der Waals surface area contributed by atoms with E-state index in [0.29, 0.717) is 31.8 Å². The molecule has 10 heteroatoms. The minimum atomic E-state index is -0.500. The molecule has 0 radical (unpaired) electrons. The van der Waals surface area contributed by atoms with Gasteiger partial charge in [-0.2, -0.15) is 5.26 Å². The van der Waals surface area contributed by atoms with Crippen LogP contribution in [0.15, 0.2) is 36.7 Å². The molecule has 184 valence electrons. The maximum atomic E-state index is 14.0. The molecule has 36 heavy (non-hydrogen) atoms. The number of tetrazole rings is 1. The van der Waals surface area contributed by atoms with E-state index in [-0.39, 0.29) is 29.5 Å². The molecule has 2 aromatic carbocycles. The van der Waals surface area contributed by atoms with Gasteiger partial charge in [-0.15, -0.1) is 5.10 Å². The van der Waals surface area contributed by atoms with Gasteiger partial charge in [0.15, 0.2) is 0 Å². The van der Waals surface area contributed by atoms with Gasteiger partial charge in [0.1, 0.15) is 18.2 Å². The number of amides is 1. The number of hydrogen-bond donors (Lipinski definition) is 0. The number of piperazine rings is 1. The van der Waals surface area contributed by atoms with E-state index in [1.807, 2.05) is 23.1 Å². The summed E-state index contributed by atoms with van der Waals surface area (Å²) in [6.45, 7) is 4.99. The van der Waals surface area contributed by atoms with Crippen LogP contribution in [0.1, 0.15) is 46.3 Å². The van der Waals surface area contributed by atoms with Crippen molar-refractivity contribution in [3.05, 3.63) is 70.3 Å². The molecule has 1 unspecified atom stereocenters. The van der Waals surface area contributed by atoms with Crippen LogP contribution in [0, 0.1) is 24.1 Å². The lowest BCUT2D eigenvalue weighted by Crippen LogP contribution is -2.60. The number of carbonyl (C=O) groups excluding carboxylic acids is 1. The van der Waals surface area contributed by atoms with Crippen molar-refractivity contribution in [3.63, 3.8) is 0 Å². The average molecular weight is 488 g/mol. The number of benzene rings is 2. The van der Waals surface area contributed by atoms with E-state index >= 15 is 0 Å². The summed E-state index contributed by atoms with van der Waals surface area (Å²) >= 11 is 0. The summed E-state index contributed by atoms with van der Waals surface area (Å²) in [4.78, 5) is 17.9. The molecule has 0 spiro atoms. The third-order valence-corrected chi connectivity index (χ3v) is 7.84. The number of rotatable bonds is 3. The van der Waals surface area contributed by atoms with E-state index in [1.165, 1.54) is 11.6 Å². The normalized spacial score (nSPS) is 23.7. The first-order valence-electron chi connectivity index (χ1n) is 12.2. The van der Waals surface area contributed by atoms with Gasteiger partial charge < -0.3 is 9.64 Å². The molecule has 1 amide bonds. The second-order valence-electron chi connectivity index (χ2n) is 9.73. The standard InChI is InChI=1S/C26H26FN7O2/c1-16-20(6-7-24(27)23(16)11-28)25-13-32-8-9-33(12-19(32)14-36-25)26(35)22-4-2-17-10-18(3-5-21(17)22)34-15-29-30-31-34/h3,5-7,10,15,19,22,25H,2,4,8-9,12-14H2,1H3/t19-,22?,25+/m0/s1. The van der Waals surface area contributed by atoms with E-state index in [2.05, 4.69) is 26.5 Å². The van der Waals surface area contributed by atoms with Crippen molar-refractivity contribution in [1.82, 2.24) is 30.0 Å². The fraction of sp³-hybridized carbons (Fsp3) is 0.423. The molecule has 2 saturated heterocycles. The summed E-state index contributed by atoms with van der Waals surface area (Å²) in [5.74, 6) is -0.448. The number of nitrogens with zero attached hydrogens (tertiary/aromatic N) is 7. The number of halogens is 1. The lowest BCUT2D eigenvalue weighted by molar-refractivity contribution is -0.141. The highest BCUT2D eigenvalue weighted by atomic mass is 19.1. The highest BCUT2D eigenvalue weighted by molar-refractivity contribution is 5.85. The van der Waals surface area contributed by atoms with Crippen molar-refractivity contribution in [3.8, 4) is 11.8 Å². The average Bonchev–Trinajstić information content (AvgIpc) is 3.58. The molecular formula is C26H26FN7O2. The van der Waals surface area contributed by atoms with Gasteiger partial charge in [-0.05, 0) is 70.6 Å². The van der Waals surface area contributed by atoms with Crippen LogP contribution in [0.25, 0.3) is 5.69 Å². The smallest absolute Gasteiger partial charge is 0.230 e. The summed E-state index contributed by atoms with van der Waals surface area (Å²) in [5.41, 5.74) is 4.74. The van der Waals surface area contributed by atoms with E-state index in [0.717, 1.165) is 36.2 Å². The van der Waals surface area contributed by atoms with Crippen LogP contribution in [0.2, 0.25) is 0 Å².